The number of hydrogen-bond acceptors (Lipinski definition) is 7. The molecule has 0 aliphatic heterocycles. The number of nitrogens with zero attached hydrogens (tertiary/aromatic N) is 2. The van der Waals surface area contributed by atoms with Crippen LogP contribution < -0.4 is 20.1 Å². The number of nitrogens with one attached hydrogen (secondary N) is 3. The van der Waals surface area contributed by atoms with Gasteiger partial charge in [-0.2, -0.15) is 0 Å². The fourth-order valence-electron chi connectivity index (χ4n) is 2.71. The Morgan fingerprint density at radius 1 is 0.938 bits per heavy atom. The lowest BCUT2D eigenvalue weighted by Crippen LogP contribution is -2.17. The molecule has 0 saturated heterocycles. The molecule has 0 aliphatic carbocycles. The van der Waals surface area contributed by atoms with Gasteiger partial charge in [0.25, 0.3) is 10.0 Å². The van der Waals surface area contributed by atoms with Crippen LogP contribution in [0.5, 0.6) is 5.75 Å². The standard InChI is InChI=1S/C20H20F3N5O3S/c1-3-24-18-12-19(26-13(2)25-18)27-14-4-6-15(7-5-14)28-32(29,30)17-10-8-16(9-11-17)31-20(21,22)23/h4-12,28H,3H2,1-2H3,(H2,24,25,26,27). The number of ether oxygens (including phenoxy) is 1. The average molecular weight is 467 g/mol. The summed E-state index contributed by atoms with van der Waals surface area (Å²) in [4.78, 5) is 8.37. The largest absolute Gasteiger partial charge is 0.573 e. The summed E-state index contributed by atoms with van der Waals surface area (Å²) >= 11 is 0. The van der Waals surface area contributed by atoms with Crippen LogP contribution in [0.2, 0.25) is 0 Å². The van der Waals surface area contributed by atoms with Crippen molar-refractivity contribution < 1.29 is 26.3 Å². The van der Waals surface area contributed by atoms with Crippen molar-refractivity contribution in [3.05, 3.63) is 60.4 Å². The van der Waals surface area contributed by atoms with E-state index in [2.05, 4.69) is 30.1 Å². The van der Waals surface area contributed by atoms with E-state index in [1.54, 1.807) is 37.3 Å². The highest BCUT2D eigenvalue weighted by Crippen LogP contribution is 2.25. The minimum atomic E-state index is -4.85. The second-order valence-electron chi connectivity index (χ2n) is 6.54. The molecule has 12 heteroatoms. The van der Waals surface area contributed by atoms with E-state index < -0.39 is 22.1 Å². The van der Waals surface area contributed by atoms with Gasteiger partial charge in [0.2, 0.25) is 0 Å². The summed E-state index contributed by atoms with van der Waals surface area (Å²) in [6.07, 6.45) is -4.85. The lowest BCUT2D eigenvalue weighted by atomic mass is 10.3. The lowest BCUT2D eigenvalue weighted by Gasteiger charge is -2.12. The third-order valence-electron chi connectivity index (χ3n) is 3.97. The third-order valence-corrected chi connectivity index (χ3v) is 5.37. The number of rotatable bonds is 8. The Balaban J connectivity index is 1.68. The van der Waals surface area contributed by atoms with E-state index in [0.29, 0.717) is 29.7 Å². The van der Waals surface area contributed by atoms with Crippen molar-refractivity contribution in [1.29, 1.82) is 0 Å². The molecule has 0 radical (unpaired) electrons. The van der Waals surface area contributed by atoms with Crippen molar-refractivity contribution in [1.82, 2.24) is 9.97 Å². The van der Waals surface area contributed by atoms with Gasteiger partial charge in [-0.3, -0.25) is 4.72 Å². The Morgan fingerprint density at radius 3 is 2.12 bits per heavy atom. The number of sulfonamides is 1. The van der Waals surface area contributed by atoms with Gasteiger partial charge < -0.3 is 15.4 Å². The van der Waals surface area contributed by atoms with Crippen LogP contribution in [0.3, 0.4) is 0 Å². The van der Waals surface area contributed by atoms with Crippen LogP contribution in [-0.2, 0) is 10.0 Å². The maximum absolute atomic E-state index is 12.5. The average Bonchev–Trinajstić information content (AvgIpc) is 2.68. The predicted octanol–water partition coefficient (Wildman–Crippen LogP) is 4.66. The smallest absolute Gasteiger partial charge is 0.406 e. The fourth-order valence-corrected chi connectivity index (χ4v) is 3.77. The van der Waals surface area contributed by atoms with Gasteiger partial charge in [-0.15, -0.1) is 13.2 Å². The number of aryl methyl sites for hydroxylation is 1. The lowest BCUT2D eigenvalue weighted by molar-refractivity contribution is -0.274. The second kappa shape index (κ2) is 9.30. The van der Waals surface area contributed by atoms with E-state index in [4.69, 9.17) is 0 Å². The Bertz CT molecular complexity index is 1170. The van der Waals surface area contributed by atoms with E-state index in [1.165, 1.54) is 0 Å². The SMILES string of the molecule is CCNc1cc(Nc2ccc(NS(=O)(=O)c3ccc(OC(F)(F)F)cc3)cc2)nc(C)n1. The minimum absolute atomic E-state index is 0.207. The molecule has 0 fully saturated rings. The molecule has 170 valence electrons. The van der Waals surface area contributed by atoms with Gasteiger partial charge >= 0.3 is 6.36 Å². The molecule has 1 aromatic heterocycles. The molecule has 0 amide bonds. The van der Waals surface area contributed by atoms with Crippen LogP contribution in [0.25, 0.3) is 0 Å². The number of hydrogen-bond donors (Lipinski definition) is 3. The van der Waals surface area contributed by atoms with E-state index in [9.17, 15) is 21.6 Å². The van der Waals surface area contributed by atoms with Gasteiger partial charge in [0.1, 0.15) is 23.2 Å². The van der Waals surface area contributed by atoms with Crippen molar-refractivity contribution >= 4 is 33.0 Å². The molecule has 0 bridgehead atoms. The maximum Gasteiger partial charge on any atom is 0.573 e. The molecule has 1 heterocycles. The highest BCUT2D eigenvalue weighted by Gasteiger charge is 2.31. The first-order valence-electron chi connectivity index (χ1n) is 9.39. The van der Waals surface area contributed by atoms with Crippen LogP contribution in [0.1, 0.15) is 12.7 Å². The first kappa shape index (κ1) is 23.1. The summed E-state index contributed by atoms with van der Waals surface area (Å²) < 4.78 is 67.8. The van der Waals surface area contributed by atoms with E-state index in [0.717, 1.165) is 24.3 Å². The summed E-state index contributed by atoms with van der Waals surface area (Å²) in [5.41, 5.74) is 0.945. The van der Waals surface area contributed by atoms with Crippen molar-refractivity contribution in [3.8, 4) is 5.75 Å². The topological polar surface area (TPSA) is 105 Å². The fraction of sp³-hybridized carbons (Fsp3) is 0.200. The molecule has 3 aromatic rings. The molecule has 0 unspecified atom stereocenters. The highest BCUT2D eigenvalue weighted by atomic mass is 32.2. The molecule has 0 aliphatic rings. The van der Waals surface area contributed by atoms with Crippen molar-refractivity contribution in [2.45, 2.75) is 25.1 Å². The molecule has 0 spiro atoms. The number of alkyl halides is 3. The number of halogens is 3. The molecule has 3 N–H and O–H groups in total. The van der Waals surface area contributed by atoms with E-state index in [1.807, 2.05) is 6.92 Å². The molecule has 0 saturated carbocycles. The quantitative estimate of drug-likeness (QED) is 0.443. The van der Waals surface area contributed by atoms with Crippen LogP contribution in [0.15, 0.2) is 59.5 Å². The molecule has 2 aromatic carbocycles. The summed E-state index contributed by atoms with van der Waals surface area (Å²) in [5, 5.41) is 6.22. The summed E-state index contributed by atoms with van der Waals surface area (Å²) in [7, 11) is -4.00. The summed E-state index contributed by atoms with van der Waals surface area (Å²) in [5.74, 6) is 1.33. The molecular weight excluding hydrogens is 447 g/mol. The first-order chi connectivity index (χ1) is 15.0. The highest BCUT2D eigenvalue weighted by molar-refractivity contribution is 7.92. The molecule has 8 nitrogen and oxygen atoms in total. The molecule has 32 heavy (non-hydrogen) atoms. The zero-order chi connectivity index (χ0) is 23.4. The molecular formula is C20H20F3N5O3S. The number of benzene rings is 2. The van der Waals surface area contributed by atoms with Gasteiger partial charge in [-0.05, 0) is 62.4 Å². The Labute approximate surface area is 182 Å². The van der Waals surface area contributed by atoms with Gasteiger partial charge in [-0.1, -0.05) is 0 Å². The molecule has 3 rings (SSSR count). The first-order valence-corrected chi connectivity index (χ1v) is 10.9. The normalized spacial score (nSPS) is 11.7. The van der Waals surface area contributed by atoms with Crippen molar-refractivity contribution in [2.24, 2.45) is 0 Å². The van der Waals surface area contributed by atoms with Crippen molar-refractivity contribution in [3.63, 3.8) is 0 Å². The van der Waals surface area contributed by atoms with Crippen molar-refractivity contribution in [2.75, 3.05) is 21.9 Å². The Morgan fingerprint density at radius 2 is 1.53 bits per heavy atom. The Kier molecular flexibility index (Phi) is 6.72. The maximum atomic E-state index is 12.5. The predicted molar refractivity (Wildman–Crippen MR) is 115 cm³/mol. The van der Waals surface area contributed by atoms with Crippen LogP contribution in [0, 0.1) is 6.92 Å². The zero-order valence-electron chi connectivity index (χ0n) is 17.1. The van der Waals surface area contributed by atoms with Crippen LogP contribution in [-0.4, -0.2) is 31.3 Å². The van der Waals surface area contributed by atoms with Crippen LogP contribution in [0.4, 0.5) is 36.2 Å². The third kappa shape index (κ3) is 6.48. The second-order valence-corrected chi connectivity index (χ2v) is 8.23. The monoisotopic (exact) mass is 467 g/mol. The van der Waals surface area contributed by atoms with Crippen LogP contribution >= 0.6 is 0 Å². The van der Waals surface area contributed by atoms with Gasteiger partial charge in [-0.25, -0.2) is 18.4 Å². The molecule has 0 atom stereocenters. The zero-order valence-corrected chi connectivity index (χ0v) is 17.9. The Hall–Kier alpha value is -3.54. The number of anilines is 4. The van der Waals surface area contributed by atoms with Gasteiger partial charge in [0, 0.05) is 24.0 Å². The number of aromatic nitrogens is 2. The summed E-state index contributed by atoms with van der Waals surface area (Å²) in [6, 6.07) is 12.1. The van der Waals surface area contributed by atoms with E-state index in [-0.39, 0.29) is 10.6 Å². The van der Waals surface area contributed by atoms with Gasteiger partial charge in [0.15, 0.2) is 0 Å². The minimum Gasteiger partial charge on any atom is -0.406 e. The van der Waals surface area contributed by atoms with Gasteiger partial charge in [0.05, 0.1) is 4.90 Å². The summed E-state index contributed by atoms with van der Waals surface area (Å²) in [6.45, 7) is 4.43. The van der Waals surface area contributed by atoms with E-state index >= 15 is 0 Å².